The summed E-state index contributed by atoms with van der Waals surface area (Å²) in [4.78, 5) is 2.30. The Bertz CT molecular complexity index is 710. The molecule has 210 valence electrons. The van der Waals surface area contributed by atoms with E-state index in [9.17, 15) is 0 Å². The number of fused-ring (bicyclic) bond motifs is 5. The molecule has 0 aromatic rings. The van der Waals surface area contributed by atoms with Crippen molar-refractivity contribution in [3.8, 4) is 0 Å². The Kier molecular flexibility index (Phi) is 9.45. The van der Waals surface area contributed by atoms with Crippen LogP contribution >= 0.6 is 0 Å². The van der Waals surface area contributed by atoms with Gasteiger partial charge in [-0.05, 0) is 119 Å². The molecular formula is C29H56N4O3. The molecule has 4 aliphatic carbocycles. The van der Waals surface area contributed by atoms with E-state index in [1.54, 1.807) is 0 Å². The van der Waals surface area contributed by atoms with Crippen LogP contribution in [0.25, 0.3) is 0 Å². The summed E-state index contributed by atoms with van der Waals surface area (Å²) in [7, 11) is 4.35. The van der Waals surface area contributed by atoms with Gasteiger partial charge in [0.05, 0.1) is 38.5 Å². The molecule has 36 heavy (non-hydrogen) atoms. The minimum absolute atomic E-state index is 0.136. The third-order valence-corrected chi connectivity index (χ3v) is 11.6. The van der Waals surface area contributed by atoms with Crippen LogP contribution in [-0.2, 0) is 14.2 Å². The zero-order valence-electron chi connectivity index (χ0n) is 23.8. The molecule has 0 radical (unpaired) electrons. The predicted molar refractivity (Wildman–Crippen MR) is 145 cm³/mol. The van der Waals surface area contributed by atoms with Crippen LogP contribution in [-0.4, -0.2) is 64.0 Å². The molecule has 0 heterocycles. The van der Waals surface area contributed by atoms with Gasteiger partial charge >= 0.3 is 0 Å². The molecule has 0 aliphatic heterocycles. The van der Waals surface area contributed by atoms with E-state index >= 15 is 0 Å². The first-order chi connectivity index (χ1) is 17.2. The molecule has 7 heteroatoms. The number of nitrogens with two attached hydrogens (primary N) is 3. The Balaban J connectivity index is 1.63. The predicted octanol–water partition coefficient (Wildman–Crippen LogP) is 3.75. The molecule has 0 bridgehead atoms. The van der Waals surface area contributed by atoms with E-state index in [1.807, 2.05) is 0 Å². The van der Waals surface area contributed by atoms with Crippen LogP contribution in [0.5, 0.6) is 0 Å². The van der Waals surface area contributed by atoms with E-state index in [0.717, 1.165) is 32.2 Å². The first-order valence-corrected chi connectivity index (χ1v) is 14.8. The highest BCUT2D eigenvalue weighted by atomic mass is 16.5. The lowest BCUT2D eigenvalue weighted by Gasteiger charge is -2.64. The summed E-state index contributed by atoms with van der Waals surface area (Å²) in [6.45, 7) is 9.68. The highest BCUT2D eigenvalue weighted by Gasteiger charge is 2.66. The Hall–Kier alpha value is -0.280. The van der Waals surface area contributed by atoms with Crippen LogP contribution in [0.15, 0.2) is 0 Å². The van der Waals surface area contributed by atoms with E-state index in [0.29, 0.717) is 55.7 Å². The average Bonchev–Trinajstić information content (AvgIpc) is 3.19. The number of hydrogen-bond donors (Lipinski definition) is 3. The third kappa shape index (κ3) is 5.15. The van der Waals surface area contributed by atoms with Crippen molar-refractivity contribution < 1.29 is 14.2 Å². The van der Waals surface area contributed by atoms with Gasteiger partial charge in [-0.25, -0.2) is 0 Å². The average molecular weight is 509 g/mol. The lowest BCUT2D eigenvalue weighted by molar-refractivity contribution is -0.227. The zero-order valence-corrected chi connectivity index (χ0v) is 23.8. The molecule has 0 aromatic carbocycles. The van der Waals surface area contributed by atoms with Crippen LogP contribution in [0.1, 0.15) is 78.6 Å². The quantitative estimate of drug-likeness (QED) is 0.365. The first-order valence-electron chi connectivity index (χ1n) is 14.8. The van der Waals surface area contributed by atoms with E-state index < -0.39 is 0 Å². The van der Waals surface area contributed by atoms with Gasteiger partial charge in [-0.2, -0.15) is 0 Å². The fraction of sp³-hybridized carbons (Fsp3) is 1.00. The molecule has 4 rings (SSSR count). The number of rotatable bonds is 11. The summed E-state index contributed by atoms with van der Waals surface area (Å²) < 4.78 is 18.8. The van der Waals surface area contributed by atoms with Crippen molar-refractivity contribution in [3.05, 3.63) is 0 Å². The summed E-state index contributed by atoms with van der Waals surface area (Å²) in [6.07, 6.45) is 11.4. The van der Waals surface area contributed by atoms with Gasteiger partial charge in [0.15, 0.2) is 0 Å². The lowest BCUT2D eigenvalue weighted by atomic mass is 9.43. The van der Waals surface area contributed by atoms with Crippen LogP contribution < -0.4 is 17.2 Å². The second kappa shape index (κ2) is 11.8. The summed E-state index contributed by atoms with van der Waals surface area (Å²) in [6, 6.07) is 0. The van der Waals surface area contributed by atoms with Crippen molar-refractivity contribution in [2.24, 2.45) is 63.5 Å². The largest absolute Gasteiger partial charge is 0.363 e. The van der Waals surface area contributed by atoms with Crippen molar-refractivity contribution in [3.63, 3.8) is 0 Å². The van der Waals surface area contributed by atoms with E-state index in [-0.39, 0.29) is 29.1 Å². The van der Waals surface area contributed by atoms with Gasteiger partial charge in [0.2, 0.25) is 0 Å². The smallest absolute Gasteiger partial charge is 0.0944 e. The topological polar surface area (TPSA) is 109 Å². The van der Waals surface area contributed by atoms with Crippen LogP contribution in [0.4, 0.5) is 0 Å². The van der Waals surface area contributed by atoms with Crippen LogP contribution in [0, 0.1) is 46.3 Å². The molecule has 0 saturated heterocycles. The SMILES string of the molecule is C[C@H](CCCN(C)C)[C@H]1CC[C@H]2[C@@H]3[C@H](OCN)C[C@@H]4C[C@H](OCN)CC[C@]4(C)[C@H]3C[C@H](OCN)[C@]12C. The van der Waals surface area contributed by atoms with Gasteiger partial charge in [-0.3, -0.25) is 0 Å². The van der Waals surface area contributed by atoms with Crippen molar-refractivity contribution in [1.29, 1.82) is 0 Å². The fourth-order valence-corrected chi connectivity index (χ4v) is 9.94. The Labute approximate surface area is 220 Å². The van der Waals surface area contributed by atoms with Gasteiger partial charge in [0.1, 0.15) is 0 Å². The van der Waals surface area contributed by atoms with Crippen molar-refractivity contribution in [2.75, 3.05) is 40.8 Å². The monoisotopic (exact) mass is 508 g/mol. The second-order valence-electron chi connectivity index (χ2n) is 13.4. The third-order valence-electron chi connectivity index (χ3n) is 11.6. The highest BCUT2D eigenvalue weighted by molar-refractivity contribution is 5.15. The van der Waals surface area contributed by atoms with E-state index in [1.165, 1.54) is 32.1 Å². The Morgan fingerprint density at radius 1 is 0.889 bits per heavy atom. The van der Waals surface area contributed by atoms with Gasteiger partial charge in [-0.15, -0.1) is 0 Å². The van der Waals surface area contributed by atoms with Gasteiger partial charge in [0.25, 0.3) is 0 Å². The minimum atomic E-state index is 0.136. The first kappa shape index (κ1) is 28.7. The molecular weight excluding hydrogens is 452 g/mol. The molecule has 0 unspecified atom stereocenters. The number of ether oxygens (including phenoxy) is 3. The molecule has 0 amide bonds. The van der Waals surface area contributed by atoms with Crippen LogP contribution in [0.2, 0.25) is 0 Å². The fourth-order valence-electron chi connectivity index (χ4n) is 9.94. The highest BCUT2D eigenvalue weighted by Crippen LogP contribution is 2.69. The molecule has 4 aliphatic rings. The molecule has 0 spiro atoms. The molecule has 0 aromatic heterocycles. The molecule has 11 atom stereocenters. The molecule has 4 fully saturated rings. The van der Waals surface area contributed by atoms with Crippen molar-refractivity contribution in [1.82, 2.24) is 4.90 Å². The number of nitrogens with zero attached hydrogens (tertiary/aromatic N) is 1. The molecule has 4 saturated carbocycles. The van der Waals surface area contributed by atoms with Crippen molar-refractivity contribution in [2.45, 2.75) is 96.9 Å². The summed E-state index contributed by atoms with van der Waals surface area (Å²) in [5.41, 5.74) is 18.3. The molecule has 6 N–H and O–H groups in total. The lowest BCUT2D eigenvalue weighted by Crippen LogP contribution is -2.63. The van der Waals surface area contributed by atoms with Gasteiger partial charge in [0, 0.05) is 5.41 Å². The normalized spacial score (nSPS) is 45.2. The maximum absolute atomic E-state index is 6.51. The van der Waals surface area contributed by atoms with Gasteiger partial charge < -0.3 is 36.3 Å². The Morgan fingerprint density at radius 3 is 2.28 bits per heavy atom. The standard InChI is InChI=1S/C29H56N4O3/c1-19(7-6-12-33(4)5)22-8-9-23-27-24(15-26(36-18-32)29(22,23)3)28(2)11-10-21(34-16-30)13-20(28)14-25(27)35-17-31/h19-27H,6-18,30-32H2,1-5H3/t19-,20+,21-,22-,23+,24+,25-,26+,27+,28+,29-/m1/s1. The summed E-state index contributed by atoms with van der Waals surface area (Å²) in [5.74, 6) is 3.64. The maximum atomic E-state index is 6.51. The van der Waals surface area contributed by atoms with Crippen LogP contribution in [0.3, 0.4) is 0 Å². The second-order valence-corrected chi connectivity index (χ2v) is 13.4. The number of hydrogen-bond acceptors (Lipinski definition) is 7. The van der Waals surface area contributed by atoms with Gasteiger partial charge in [-0.1, -0.05) is 20.8 Å². The summed E-state index contributed by atoms with van der Waals surface area (Å²) in [5, 5.41) is 0. The van der Waals surface area contributed by atoms with E-state index in [4.69, 9.17) is 31.4 Å². The van der Waals surface area contributed by atoms with Crippen molar-refractivity contribution >= 4 is 0 Å². The maximum Gasteiger partial charge on any atom is 0.0944 e. The molecule has 7 nitrogen and oxygen atoms in total. The summed E-state index contributed by atoms with van der Waals surface area (Å²) >= 11 is 0. The van der Waals surface area contributed by atoms with E-state index in [2.05, 4.69) is 39.8 Å². The zero-order chi connectivity index (χ0) is 26.1. The minimum Gasteiger partial charge on any atom is -0.363 e. The Morgan fingerprint density at radius 2 is 1.61 bits per heavy atom.